The van der Waals surface area contributed by atoms with E-state index in [4.69, 9.17) is 18.4 Å². The average Bonchev–Trinajstić information content (AvgIpc) is 3.79. The summed E-state index contributed by atoms with van der Waals surface area (Å²) in [6.07, 6.45) is 3.29. The normalized spacial score (nSPS) is 22.9. The fourth-order valence-electron chi connectivity index (χ4n) is 7.71. The van der Waals surface area contributed by atoms with E-state index in [-0.39, 0.29) is 46.3 Å². The van der Waals surface area contributed by atoms with Gasteiger partial charge in [0.2, 0.25) is 0 Å². The van der Waals surface area contributed by atoms with Crippen LogP contribution >= 0.6 is 0 Å². The number of carbonyl (C=O) groups is 1. The molecule has 4 aromatic carbocycles. The zero-order valence-electron chi connectivity index (χ0n) is 35.3. The maximum atomic E-state index is 12.1. The van der Waals surface area contributed by atoms with Gasteiger partial charge in [-0.3, -0.25) is 8.98 Å². The smallest absolute Gasteiger partial charge is 0.311 e. The van der Waals surface area contributed by atoms with E-state index in [9.17, 15) is 18.3 Å². The zero-order chi connectivity index (χ0) is 41.2. The highest BCUT2D eigenvalue weighted by Gasteiger charge is 2.65. The van der Waals surface area contributed by atoms with Gasteiger partial charge in [-0.25, -0.2) is 0 Å². The van der Waals surface area contributed by atoms with Gasteiger partial charge >= 0.3 is 5.97 Å². The van der Waals surface area contributed by atoms with Crippen LogP contribution in [-0.4, -0.2) is 49.8 Å². The molecule has 9 heteroatoms. The summed E-state index contributed by atoms with van der Waals surface area (Å²) in [5, 5.41) is 13.8. The van der Waals surface area contributed by atoms with E-state index < -0.39 is 21.6 Å². The molecule has 2 bridgehead atoms. The number of fused-ring (bicyclic) bond motifs is 3. The van der Waals surface area contributed by atoms with Crippen LogP contribution < -0.4 is 4.74 Å². The molecular weight excluding hydrogens is 725 g/mol. The van der Waals surface area contributed by atoms with Crippen molar-refractivity contribution in [1.29, 1.82) is 0 Å². The summed E-state index contributed by atoms with van der Waals surface area (Å²) in [5.41, 5.74) is 2.64. The molecule has 1 saturated heterocycles. The van der Waals surface area contributed by atoms with E-state index >= 15 is 0 Å². The Hall–Kier alpha value is -3.66. The molecular formula is C47H64O8S. The van der Waals surface area contributed by atoms with Crippen molar-refractivity contribution in [1.82, 2.24) is 0 Å². The number of aromatic hydroxyl groups is 1. The number of ether oxygens (including phenoxy) is 3. The predicted molar refractivity (Wildman–Crippen MR) is 226 cm³/mol. The minimum Gasteiger partial charge on any atom is -0.508 e. The molecule has 0 amide bonds. The molecule has 0 aromatic heterocycles. The first-order valence-electron chi connectivity index (χ1n) is 20.4. The lowest BCUT2D eigenvalue weighted by Crippen LogP contribution is -2.40. The summed E-state index contributed by atoms with van der Waals surface area (Å²) in [7, 11) is -3.43. The maximum absolute atomic E-state index is 12.1. The maximum Gasteiger partial charge on any atom is 0.311 e. The van der Waals surface area contributed by atoms with Crippen LogP contribution in [0.5, 0.6) is 11.5 Å². The van der Waals surface area contributed by atoms with Crippen LogP contribution in [0, 0.1) is 17.3 Å². The minimum absolute atomic E-state index is 0.0255. The third-order valence-corrected chi connectivity index (χ3v) is 14.5. The van der Waals surface area contributed by atoms with Crippen molar-refractivity contribution in [2.75, 3.05) is 6.61 Å². The molecule has 306 valence electrons. The second-order valence-corrected chi connectivity index (χ2v) is 19.5. The Morgan fingerprint density at radius 2 is 1.30 bits per heavy atom. The standard InChI is InChI=1S/C19H26O2.C15H18O.C13H20O5S/c1-6-19(4,5)17-10-8-16-13-18(11-9-15(16)12-17)21-14(3)20-7-2;1-4-15(2,3)13-7-5-12-10-14(16)8-6-11(12)9-13;1-4-13(2,3)12(14)17-10-7-5-8-9(6-7)19(15,16)18-11(8)10/h8-14H,6-7H2,1-5H3;5-10,16H,4H2,1-3H3;7-11H,4-6H2,1-3H3. The summed E-state index contributed by atoms with van der Waals surface area (Å²) < 4.78 is 45.6. The van der Waals surface area contributed by atoms with Gasteiger partial charge in [0.1, 0.15) is 23.7 Å². The predicted octanol–water partition coefficient (Wildman–Crippen LogP) is 11.0. The molecule has 2 saturated carbocycles. The van der Waals surface area contributed by atoms with Gasteiger partial charge in [0, 0.05) is 18.4 Å². The van der Waals surface area contributed by atoms with E-state index in [0.29, 0.717) is 25.2 Å². The van der Waals surface area contributed by atoms with Crippen LogP contribution in [0.1, 0.15) is 119 Å². The monoisotopic (exact) mass is 788 g/mol. The molecule has 2 aliphatic carbocycles. The Kier molecular flexibility index (Phi) is 13.2. The van der Waals surface area contributed by atoms with Crippen molar-refractivity contribution in [3.8, 4) is 11.5 Å². The molecule has 6 atom stereocenters. The molecule has 56 heavy (non-hydrogen) atoms. The third-order valence-electron chi connectivity index (χ3n) is 12.8. The van der Waals surface area contributed by atoms with Gasteiger partial charge in [-0.05, 0) is 128 Å². The topological polar surface area (TPSA) is 108 Å². The van der Waals surface area contributed by atoms with E-state index in [1.54, 1.807) is 12.1 Å². The highest BCUT2D eigenvalue weighted by atomic mass is 32.2. The molecule has 7 rings (SSSR count). The Balaban J connectivity index is 0.000000162. The highest BCUT2D eigenvalue weighted by molar-refractivity contribution is 7.87. The van der Waals surface area contributed by atoms with Gasteiger partial charge < -0.3 is 19.3 Å². The van der Waals surface area contributed by atoms with Gasteiger partial charge in [0.25, 0.3) is 10.1 Å². The summed E-state index contributed by atoms with van der Waals surface area (Å²) in [6.45, 7) is 23.7. The van der Waals surface area contributed by atoms with E-state index in [1.165, 1.54) is 27.3 Å². The molecule has 8 nitrogen and oxygen atoms in total. The number of rotatable bonds is 11. The Labute approximate surface area is 335 Å². The summed E-state index contributed by atoms with van der Waals surface area (Å²) in [5.74, 6) is 1.10. The van der Waals surface area contributed by atoms with Crippen LogP contribution in [0.3, 0.4) is 0 Å². The van der Waals surface area contributed by atoms with Crippen molar-refractivity contribution in [3.05, 3.63) is 83.9 Å². The third kappa shape index (κ3) is 9.54. The molecule has 4 aromatic rings. The first-order chi connectivity index (χ1) is 26.2. The number of phenols is 1. The number of carbonyl (C=O) groups excluding carboxylic acids is 1. The van der Waals surface area contributed by atoms with Gasteiger partial charge in [0.15, 0.2) is 6.29 Å². The van der Waals surface area contributed by atoms with Crippen LogP contribution in [0.15, 0.2) is 72.8 Å². The fourth-order valence-corrected chi connectivity index (χ4v) is 9.59. The van der Waals surface area contributed by atoms with Crippen LogP contribution in [-0.2, 0) is 39.4 Å². The lowest BCUT2D eigenvalue weighted by Gasteiger charge is -2.29. The van der Waals surface area contributed by atoms with E-state index in [2.05, 4.69) is 90.1 Å². The fraction of sp³-hybridized carbons (Fsp3) is 0.553. The van der Waals surface area contributed by atoms with Crippen LogP contribution in [0.4, 0.5) is 0 Å². The molecule has 0 spiro atoms. The molecule has 1 aliphatic heterocycles. The van der Waals surface area contributed by atoms with Gasteiger partial charge in [-0.15, -0.1) is 0 Å². The first kappa shape index (κ1) is 43.5. The molecule has 1 N–H and O–H groups in total. The molecule has 0 radical (unpaired) electrons. The number of hydrogen-bond donors (Lipinski definition) is 1. The van der Waals surface area contributed by atoms with E-state index in [0.717, 1.165) is 30.4 Å². The largest absolute Gasteiger partial charge is 0.508 e. The summed E-state index contributed by atoms with van der Waals surface area (Å²) in [4.78, 5) is 12.1. The van der Waals surface area contributed by atoms with Crippen molar-refractivity contribution in [2.45, 2.75) is 143 Å². The van der Waals surface area contributed by atoms with Crippen molar-refractivity contribution >= 4 is 37.6 Å². The van der Waals surface area contributed by atoms with Crippen molar-refractivity contribution in [2.24, 2.45) is 17.3 Å². The minimum atomic E-state index is -3.43. The molecule has 3 fully saturated rings. The first-order valence-corrected chi connectivity index (χ1v) is 21.9. The average molecular weight is 789 g/mol. The Bertz CT molecular complexity index is 2100. The van der Waals surface area contributed by atoms with Gasteiger partial charge in [-0.2, -0.15) is 8.42 Å². The SMILES string of the molecule is CCC(C)(C)C(=O)OC1C2CC3C1OS(=O)(=O)C3C2.CCC(C)(C)c1ccc2cc(O)ccc2c1.CCOC(C)Oc1ccc2cc(C(C)(C)CC)ccc2c1. The van der Waals surface area contributed by atoms with Gasteiger partial charge in [0.05, 0.1) is 10.7 Å². The molecule has 6 unspecified atom stereocenters. The lowest BCUT2D eigenvalue weighted by molar-refractivity contribution is -0.166. The van der Waals surface area contributed by atoms with Gasteiger partial charge in [-0.1, -0.05) is 97.0 Å². The van der Waals surface area contributed by atoms with Crippen LogP contribution in [0.25, 0.3) is 21.5 Å². The summed E-state index contributed by atoms with van der Waals surface area (Å²) >= 11 is 0. The second kappa shape index (κ2) is 17.1. The lowest BCUT2D eigenvalue weighted by atomic mass is 9.81. The molecule has 3 aliphatic rings. The number of benzene rings is 4. The molecule has 1 heterocycles. The summed E-state index contributed by atoms with van der Waals surface area (Å²) in [6, 6.07) is 24.9. The number of hydrogen-bond acceptors (Lipinski definition) is 8. The van der Waals surface area contributed by atoms with E-state index in [1.807, 2.05) is 46.8 Å². The van der Waals surface area contributed by atoms with Crippen LogP contribution in [0.2, 0.25) is 0 Å². The Morgan fingerprint density at radius 1 is 0.768 bits per heavy atom. The Morgan fingerprint density at radius 3 is 1.86 bits per heavy atom. The highest BCUT2D eigenvalue weighted by Crippen LogP contribution is 2.55. The number of esters is 1. The van der Waals surface area contributed by atoms with Crippen molar-refractivity contribution < 1.29 is 36.7 Å². The van der Waals surface area contributed by atoms with Crippen molar-refractivity contribution in [3.63, 3.8) is 0 Å². The quantitative estimate of drug-likeness (QED) is 0.0909. The number of phenolic OH excluding ortho intramolecular Hbond substituents is 1. The zero-order valence-corrected chi connectivity index (χ0v) is 36.2. The second-order valence-electron chi connectivity index (χ2n) is 17.7.